The van der Waals surface area contributed by atoms with Crippen LogP contribution in [0.3, 0.4) is 0 Å². The monoisotopic (exact) mass is 1080 g/mol. The van der Waals surface area contributed by atoms with Gasteiger partial charge in [-0.05, 0) is 127 Å². The summed E-state index contributed by atoms with van der Waals surface area (Å²) in [5.41, 5.74) is 11.2. The zero-order chi connectivity index (χ0) is 55.8. The first kappa shape index (κ1) is 58.8. The van der Waals surface area contributed by atoms with E-state index >= 15 is 0 Å². The van der Waals surface area contributed by atoms with Crippen molar-refractivity contribution in [3.63, 3.8) is 0 Å². The van der Waals surface area contributed by atoms with Crippen LogP contribution in [-0.2, 0) is 8.85 Å². The van der Waals surface area contributed by atoms with Gasteiger partial charge < -0.3 is 57.9 Å². The maximum absolute atomic E-state index is 14.7. The highest BCUT2D eigenvalue weighted by atomic mass is 28.4. The predicted octanol–water partition coefficient (Wildman–Crippen LogP) is 12.6. The van der Waals surface area contributed by atoms with Gasteiger partial charge in [-0.1, -0.05) is 65.8 Å². The van der Waals surface area contributed by atoms with E-state index in [0.717, 1.165) is 33.8 Å². The van der Waals surface area contributed by atoms with E-state index in [2.05, 4.69) is 73.0 Å². The highest BCUT2D eigenvalue weighted by molar-refractivity contribution is 6.74. The lowest BCUT2D eigenvalue weighted by molar-refractivity contribution is 0.0732. The van der Waals surface area contributed by atoms with Crippen molar-refractivity contribution < 1.29 is 56.8 Å². The minimum Gasteiger partial charge on any atom is -0.497 e. The van der Waals surface area contributed by atoms with Gasteiger partial charge in [0.15, 0.2) is 39.6 Å². The molecule has 0 spiro atoms. The molecule has 18 heteroatoms. The Morgan fingerprint density at radius 1 is 0.592 bits per heavy atom. The summed E-state index contributed by atoms with van der Waals surface area (Å²) in [5.74, 6) is 2.12. The molecule has 0 fully saturated rings. The topological polar surface area (TPSA) is 190 Å². The molecule has 0 saturated heterocycles. The van der Waals surface area contributed by atoms with Crippen LogP contribution in [0.5, 0.6) is 34.5 Å². The van der Waals surface area contributed by atoms with Gasteiger partial charge in [-0.25, -0.2) is 4.79 Å². The van der Waals surface area contributed by atoms with E-state index in [9.17, 15) is 19.5 Å². The second kappa shape index (κ2) is 24.7. The van der Waals surface area contributed by atoms with Crippen molar-refractivity contribution in [2.75, 3.05) is 65.9 Å². The molecule has 0 radical (unpaired) electrons. The van der Waals surface area contributed by atoms with Crippen LogP contribution in [0, 0.1) is 0 Å². The molecule has 2 aliphatic rings. The largest absolute Gasteiger partial charge is 0.497 e. The number of ether oxygens (including phenoxy) is 6. The van der Waals surface area contributed by atoms with Crippen molar-refractivity contribution in [3.05, 3.63) is 107 Å². The van der Waals surface area contributed by atoms with E-state index in [-0.39, 0.29) is 63.1 Å². The van der Waals surface area contributed by atoms with Crippen LogP contribution < -0.4 is 39.5 Å². The molecule has 2 unspecified atom stereocenters. The highest BCUT2D eigenvalue weighted by Gasteiger charge is 2.42. The second-order valence-electron chi connectivity index (χ2n) is 22.4. The molecule has 0 saturated carbocycles. The quantitative estimate of drug-likeness (QED) is 0.0362. The van der Waals surface area contributed by atoms with E-state index in [4.69, 9.17) is 43.0 Å². The van der Waals surface area contributed by atoms with Crippen molar-refractivity contribution in [2.24, 2.45) is 0 Å². The number of nitrogens with one attached hydrogen (secondary N) is 1. The fraction of sp³-hybridized carbons (Fsp3) is 0.466. The van der Waals surface area contributed by atoms with Crippen LogP contribution in [0.4, 0.5) is 16.2 Å². The minimum atomic E-state index is -2.20. The summed E-state index contributed by atoms with van der Waals surface area (Å²) in [4.78, 5) is 44.7. The number of nitrogens with two attached hydrogens (primary N) is 1. The number of hydrogen-bond donors (Lipinski definition) is 3. The van der Waals surface area contributed by atoms with Crippen molar-refractivity contribution >= 4 is 57.1 Å². The Labute approximate surface area is 451 Å². The number of benzene rings is 4. The zero-order valence-electron chi connectivity index (χ0n) is 47.0. The number of nitrogens with zero attached hydrogens (tertiary/aromatic N) is 2. The minimum absolute atomic E-state index is 0.00337. The number of carbonyl (C=O) groups is 3. The molecule has 0 bridgehead atoms. The van der Waals surface area contributed by atoms with E-state index < -0.39 is 28.6 Å². The van der Waals surface area contributed by atoms with Crippen LogP contribution in [0.1, 0.15) is 105 Å². The smallest absolute Gasteiger partial charge is 0.409 e. The van der Waals surface area contributed by atoms with Crippen LogP contribution >= 0.6 is 0 Å². The van der Waals surface area contributed by atoms with Crippen molar-refractivity contribution in [3.8, 4) is 34.5 Å². The normalized spacial score (nSPS) is 16.0. The van der Waals surface area contributed by atoms with Crippen molar-refractivity contribution in [1.29, 1.82) is 0 Å². The summed E-state index contributed by atoms with van der Waals surface area (Å²) in [6.07, 6.45) is 5.51. The summed E-state index contributed by atoms with van der Waals surface area (Å²) in [6.45, 7) is 23.1. The number of carboxylic acid groups (broad SMARTS) is 1. The first-order valence-electron chi connectivity index (χ1n) is 25.9. The molecule has 0 aromatic heterocycles. The van der Waals surface area contributed by atoms with Gasteiger partial charge in [0.1, 0.15) is 11.5 Å². The van der Waals surface area contributed by atoms with Crippen molar-refractivity contribution in [2.45, 2.75) is 122 Å². The molecule has 2 atom stereocenters. The molecule has 4 aromatic carbocycles. The fourth-order valence-corrected chi connectivity index (χ4v) is 10.5. The average Bonchev–Trinajstić information content (AvgIpc) is 4.01. The molecule has 2 aliphatic heterocycles. The maximum Gasteiger partial charge on any atom is 0.409 e. The molecule has 0 aliphatic carbocycles. The zero-order valence-corrected chi connectivity index (χ0v) is 49.0. The van der Waals surface area contributed by atoms with E-state index in [1.807, 2.05) is 60.9 Å². The molecule has 16 nitrogen and oxygen atoms in total. The lowest BCUT2D eigenvalue weighted by Gasteiger charge is -2.38. The Bertz CT molecular complexity index is 2750. The first-order valence-corrected chi connectivity index (χ1v) is 31.7. The van der Waals surface area contributed by atoms with E-state index in [0.29, 0.717) is 69.0 Å². The number of anilines is 2. The molecule has 6 rings (SSSR count). The summed E-state index contributed by atoms with van der Waals surface area (Å²) in [6, 6.07) is 21.1. The van der Waals surface area contributed by atoms with Gasteiger partial charge in [0, 0.05) is 30.2 Å². The summed E-state index contributed by atoms with van der Waals surface area (Å²) in [5, 5.41) is 12.3. The molecular weight excluding hydrogens is 1000 g/mol. The van der Waals surface area contributed by atoms with Gasteiger partial charge in [0.2, 0.25) is 0 Å². The average molecular weight is 1080 g/mol. The number of methoxy groups -OCH3 is 4. The number of carbonyl (C=O) groups excluding carboxylic acids is 2. The Hall–Kier alpha value is -6.48. The summed E-state index contributed by atoms with van der Waals surface area (Å²) < 4.78 is 47.9. The lowest BCUT2D eigenvalue weighted by Crippen LogP contribution is -2.45. The highest BCUT2D eigenvalue weighted by Crippen LogP contribution is 2.42. The first-order chi connectivity index (χ1) is 35.8. The third-order valence-electron chi connectivity index (χ3n) is 15.2. The fourth-order valence-electron chi connectivity index (χ4n) is 8.41. The number of nitrogen functional groups attached to an aromatic ring is 1. The van der Waals surface area contributed by atoms with Crippen LogP contribution in [0.15, 0.2) is 85.2 Å². The van der Waals surface area contributed by atoms with Crippen LogP contribution in [0.25, 0.3) is 11.1 Å². The number of hydrogen-bond acceptors (Lipinski definition) is 12. The Balaban J connectivity index is 1.10. The maximum atomic E-state index is 14.7. The molecule has 4 N–H and O–H groups in total. The van der Waals surface area contributed by atoms with Gasteiger partial charge in [0.05, 0.1) is 83.8 Å². The van der Waals surface area contributed by atoms with Crippen LogP contribution in [0.2, 0.25) is 36.3 Å². The van der Waals surface area contributed by atoms with Gasteiger partial charge >= 0.3 is 6.09 Å². The predicted molar refractivity (Wildman–Crippen MR) is 304 cm³/mol. The van der Waals surface area contributed by atoms with Gasteiger partial charge in [-0.15, -0.1) is 0 Å². The third-order valence-corrected chi connectivity index (χ3v) is 24.2. The van der Waals surface area contributed by atoms with Gasteiger partial charge in [0.25, 0.3) is 11.8 Å². The SMILES string of the molecule is COc1ccc(C2=CN(C(=O)c3cc(OC)c(OCCCCCOc4cc(NC(=O)O)c(C(=O)N5C=C(c6ccc(OC)cc6)CC5CO[Si](C)(C)C(C)(C)C)cc4OC)cc3N)C(CO[Si](C)(C)C(C)(C)C)C2)cc1. The second-order valence-corrected chi connectivity index (χ2v) is 32.0. The Morgan fingerprint density at radius 2 is 1.00 bits per heavy atom. The summed E-state index contributed by atoms with van der Waals surface area (Å²) >= 11 is 0. The lowest BCUT2D eigenvalue weighted by atomic mass is 10.0. The molecule has 4 aromatic rings. The summed E-state index contributed by atoms with van der Waals surface area (Å²) in [7, 11) is 1.91. The number of rotatable bonds is 23. The third kappa shape index (κ3) is 14.1. The Kier molecular flexibility index (Phi) is 19.1. The molecule has 3 amide bonds. The molecule has 76 heavy (non-hydrogen) atoms. The molecule has 2 heterocycles. The van der Waals surface area contributed by atoms with E-state index in [1.54, 1.807) is 36.2 Å². The van der Waals surface area contributed by atoms with E-state index in [1.165, 1.54) is 26.4 Å². The van der Waals surface area contributed by atoms with Gasteiger partial charge in [-0.3, -0.25) is 14.9 Å². The number of amides is 3. The van der Waals surface area contributed by atoms with Crippen LogP contribution in [-0.4, -0.2) is 116 Å². The van der Waals surface area contributed by atoms with Crippen molar-refractivity contribution in [1.82, 2.24) is 9.80 Å². The Morgan fingerprint density at radius 3 is 1.39 bits per heavy atom. The molecular formula is C58H80N4O12Si2. The number of unbranched alkanes of at least 4 members (excludes halogenated alkanes) is 2. The van der Waals surface area contributed by atoms with Gasteiger partial charge in [-0.2, -0.15) is 0 Å². The molecule has 412 valence electrons. The standard InChI is InChI=1S/C58H80N4O12Si2/c1-57(2,3)75(11,12)73-36-42-28-40(38-18-22-44(67-7)23-19-38)34-61(42)54(63)46-30-50(69-9)52(32-48(46)59)71-26-16-15-17-27-72-53-33-49(60-56(65)66)47(31-51(53)70-10)55(64)62-35-41(39-20-24-45(68-8)25-21-39)29-43(62)37-74-76(13,14)58(4,5)6/h18-25,30-35,42-43,60H,15-17,26-29,36-37,59H2,1-14H3,(H,65,66).